The number of rotatable bonds is 8. The summed E-state index contributed by atoms with van der Waals surface area (Å²) in [7, 11) is 0. The summed E-state index contributed by atoms with van der Waals surface area (Å²) in [6.07, 6.45) is 2.44. The van der Waals surface area contributed by atoms with Crippen molar-refractivity contribution in [3.05, 3.63) is 75.1 Å². The van der Waals surface area contributed by atoms with E-state index in [4.69, 9.17) is 4.42 Å². The maximum absolute atomic E-state index is 12.6. The van der Waals surface area contributed by atoms with Gasteiger partial charge in [-0.15, -0.1) is 11.3 Å². The molecule has 0 radical (unpaired) electrons. The predicted octanol–water partition coefficient (Wildman–Crippen LogP) is 4.10. The normalized spacial score (nSPS) is 10.9. The van der Waals surface area contributed by atoms with E-state index in [0.29, 0.717) is 35.2 Å². The average molecular weight is 412 g/mol. The third-order valence-electron chi connectivity index (χ3n) is 4.28. The first-order valence-electron chi connectivity index (χ1n) is 9.56. The van der Waals surface area contributed by atoms with Gasteiger partial charge < -0.3 is 15.1 Å². The molecule has 0 atom stereocenters. The number of aromatic nitrogens is 1. The number of hydrogen-bond acceptors (Lipinski definition) is 5. The third-order valence-corrected chi connectivity index (χ3v) is 5.45. The van der Waals surface area contributed by atoms with Crippen molar-refractivity contribution in [3.8, 4) is 0 Å². The number of nitrogens with zero attached hydrogens (tertiary/aromatic N) is 1. The first kappa shape index (κ1) is 20.8. The molecule has 6 nitrogen and oxygen atoms in total. The lowest BCUT2D eigenvalue weighted by atomic mass is 10.1. The van der Waals surface area contributed by atoms with Gasteiger partial charge in [0.05, 0.1) is 23.5 Å². The number of carbonyl (C=O) groups is 2. The summed E-state index contributed by atoms with van der Waals surface area (Å²) in [5.41, 5.74) is 2.15. The summed E-state index contributed by atoms with van der Waals surface area (Å²) in [6, 6.07) is 10.8. The monoisotopic (exact) mass is 411 g/mol. The maximum Gasteiger partial charge on any atom is 0.263 e. The van der Waals surface area contributed by atoms with E-state index in [0.717, 1.165) is 22.7 Å². The molecule has 0 aliphatic rings. The highest BCUT2D eigenvalue weighted by atomic mass is 32.1. The first-order valence-corrected chi connectivity index (χ1v) is 10.4. The van der Waals surface area contributed by atoms with Gasteiger partial charge in [-0.3, -0.25) is 9.59 Å². The number of hydrogen-bond donors (Lipinski definition) is 2. The van der Waals surface area contributed by atoms with E-state index in [-0.39, 0.29) is 11.8 Å². The summed E-state index contributed by atoms with van der Waals surface area (Å²) in [5, 5.41) is 6.73. The van der Waals surface area contributed by atoms with Crippen molar-refractivity contribution in [1.29, 1.82) is 0 Å². The van der Waals surface area contributed by atoms with Gasteiger partial charge in [0, 0.05) is 18.5 Å². The van der Waals surface area contributed by atoms with Crippen LogP contribution in [0.4, 0.5) is 0 Å². The molecule has 2 aromatic heterocycles. The van der Waals surface area contributed by atoms with Crippen molar-refractivity contribution in [2.45, 2.75) is 40.3 Å². The minimum absolute atomic E-state index is 0.136. The summed E-state index contributed by atoms with van der Waals surface area (Å²) in [5.74, 6) is 0.866. The van der Waals surface area contributed by atoms with E-state index in [2.05, 4.69) is 29.5 Å². The van der Waals surface area contributed by atoms with Crippen LogP contribution >= 0.6 is 11.3 Å². The van der Waals surface area contributed by atoms with Crippen LogP contribution in [0.3, 0.4) is 0 Å². The number of amides is 2. The molecule has 0 saturated carbocycles. The molecule has 2 heterocycles. The fraction of sp³-hybridized carbons (Fsp3) is 0.318. The largest absolute Gasteiger partial charge is 0.467 e. The zero-order valence-electron chi connectivity index (χ0n) is 16.8. The third kappa shape index (κ3) is 5.77. The van der Waals surface area contributed by atoms with Gasteiger partial charge in [0.2, 0.25) is 0 Å². The van der Waals surface area contributed by atoms with E-state index in [1.807, 2.05) is 19.1 Å². The SMILES string of the molecule is Cc1nc(CC(C)C)sc1C(=O)NCc1cccc(C(=O)NCc2ccco2)c1. The van der Waals surface area contributed by atoms with Crippen LogP contribution in [0.25, 0.3) is 0 Å². The molecular formula is C22H25N3O3S. The maximum atomic E-state index is 12.6. The van der Waals surface area contributed by atoms with Crippen LogP contribution in [-0.4, -0.2) is 16.8 Å². The molecule has 3 rings (SSSR count). The molecule has 0 saturated heterocycles. The van der Waals surface area contributed by atoms with Crippen LogP contribution in [0, 0.1) is 12.8 Å². The molecule has 0 aliphatic carbocycles. The van der Waals surface area contributed by atoms with Crippen LogP contribution in [0.5, 0.6) is 0 Å². The van der Waals surface area contributed by atoms with Crippen LogP contribution in [0.15, 0.2) is 47.1 Å². The molecule has 7 heteroatoms. The van der Waals surface area contributed by atoms with Gasteiger partial charge in [-0.2, -0.15) is 0 Å². The van der Waals surface area contributed by atoms with Crippen molar-refractivity contribution in [2.75, 3.05) is 0 Å². The quantitative estimate of drug-likeness (QED) is 0.584. The Hall–Kier alpha value is -2.93. The number of furan rings is 1. The Labute approximate surface area is 174 Å². The molecule has 152 valence electrons. The highest BCUT2D eigenvalue weighted by molar-refractivity contribution is 7.13. The second-order valence-electron chi connectivity index (χ2n) is 7.27. The number of carbonyl (C=O) groups excluding carboxylic acids is 2. The Kier molecular flexibility index (Phi) is 6.82. The lowest BCUT2D eigenvalue weighted by Crippen LogP contribution is -2.24. The lowest BCUT2D eigenvalue weighted by Gasteiger charge is -2.07. The van der Waals surface area contributed by atoms with Crippen LogP contribution in [0.1, 0.15) is 55.9 Å². The Bertz CT molecular complexity index is 977. The van der Waals surface area contributed by atoms with Gasteiger partial charge in [-0.1, -0.05) is 26.0 Å². The van der Waals surface area contributed by atoms with Gasteiger partial charge in [0.15, 0.2) is 0 Å². The van der Waals surface area contributed by atoms with Gasteiger partial charge in [0.1, 0.15) is 10.6 Å². The Morgan fingerprint density at radius 2 is 1.90 bits per heavy atom. The van der Waals surface area contributed by atoms with E-state index in [1.54, 1.807) is 30.5 Å². The van der Waals surface area contributed by atoms with Gasteiger partial charge >= 0.3 is 0 Å². The van der Waals surface area contributed by atoms with Crippen LogP contribution in [-0.2, 0) is 19.5 Å². The highest BCUT2D eigenvalue weighted by Crippen LogP contribution is 2.20. The average Bonchev–Trinajstić information content (AvgIpc) is 3.33. The Morgan fingerprint density at radius 1 is 1.10 bits per heavy atom. The fourth-order valence-corrected chi connectivity index (χ4v) is 4.06. The lowest BCUT2D eigenvalue weighted by molar-refractivity contribution is 0.0944. The molecule has 0 spiro atoms. The Morgan fingerprint density at radius 3 is 2.62 bits per heavy atom. The smallest absolute Gasteiger partial charge is 0.263 e. The molecule has 0 aliphatic heterocycles. The number of nitrogens with one attached hydrogen (secondary N) is 2. The number of aryl methyl sites for hydroxylation is 1. The minimum Gasteiger partial charge on any atom is -0.467 e. The van der Waals surface area contributed by atoms with Crippen molar-refractivity contribution in [1.82, 2.24) is 15.6 Å². The van der Waals surface area contributed by atoms with Crippen molar-refractivity contribution in [2.24, 2.45) is 5.92 Å². The summed E-state index contributed by atoms with van der Waals surface area (Å²) in [6.45, 7) is 6.80. The van der Waals surface area contributed by atoms with Gasteiger partial charge in [-0.25, -0.2) is 4.98 Å². The first-order chi connectivity index (χ1) is 13.9. The second kappa shape index (κ2) is 9.52. The molecule has 0 bridgehead atoms. The molecule has 2 N–H and O–H groups in total. The van der Waals surface area contributed by atoms with Crippen LogP contribution in [0.2, 0.25) is 0 Å². The van der Waals surface area contributed by atoms with E-state index in [1.165, 1.54) is 11.3 Å². The van der Waals surface area contributed by atoms with Crippen molar-refractivity contribution in [3.63, 3.8) is 0 Å². The fourth-order valence-electron chi connectivity index (χ4n) is 2.87. The predicted molar refractivity (Wildman–Crippen MR) is 113 cm³/mol. The molecule has 0 fully saturated rings. The minimum atomic E-state index is -0.189. The van der Waals surface area contributed by atoms with E-state index < -0.39 is 0 Å². The second-order valence-corrected chi connectivity index (χ2v) is 8.35. The van der Waals surface area contributed by atoms with E-state index >= 15 is 0 Å². The van der Waals surface area contributed by atoms with E-state index in [9.17, 15) is 9.59 Å². The topological polar surface area (TPSA) is 84.2 Å². The highest BCUT2D eigenvalue weighted by Gasteiger charge is 2.16. The molecule has 1 aromatic carbocycles. The van der Waals surface area contributed by atoms with Crippen LogP contribution < -0.4 is 10.6 Å². The summed E-state index contributed by atoms with van der Waals surface area (Å²) in [4.78, 5) is 30.0. The standard InChI is InChI=1S/C22H25N3O3S/c1-14(2)10-19-25-15(3)20(29-19)22(27)23-12-16-6-4-7-17(11-16)21(26)24-13-18-8-5-9-28-18/h4-9,11,14H,10,12-13H2,1-3H3,(H,23,27)(H,24,26). The molecule has 29 heavy (non-hydrogen) atoms. The summed E-state index contributed by atoms with van der Waals surface area (Å²) >= 11 is 1.45. The zero-order chi connectivity index (χ0) is 20.8. The molecule has 0 unspecified atom stereocenters. The number of thiazole rings is 1. The molecular weight excluding hydrogens is 386 g/mol. The summed E-state index contributed by atoms with van der Waals surface area (Å²) < 4.78 is 5.22. The zero-order valence-corrected chi connectivity index (χ0v) is 17.6. The van der Waals surface area contributed by atoms with Gasteiger partial charge in [0.25, 0.3) is 11.8 Å². The van der Waals surface area contributed by atoms with Gasteiger partial charge in [-0.05, 0) is 42.7 Å². The molecule has 3 aromatic rings. The van der Waals surface area contributed by atoms with Crippen molar-refractivity contribution >= 4 is 23.2 Å². The molecule has 2 amide bonds. The Balaban J connectivity index is 1.58. The number of benzene rings is 1. The van der Waals surface area contributed by atoms with Crippen molar-refractivity contribution < 1.29 is 14.0 Å².